The summed E-state index contributed by atoms with van der Waals surface area (Å²) in [5.74, 6) is 0. The third-order valence-electron chi connectivity index (χ3n) is 4.81. The number of rotatable bonds is 3. The summed E-state index contributed by atoms with van der Waals surface area (Å²) in [5.41, 5.74) is 7.29. The van der Waals surface area contributed by atoms with Crippen molar-refractivity contribution in [3.63, 3.8) is 0 Å². The number of para-hydroxylation sites is 1. The van der Waals surface area contributed by atoms with E-state index in [9.17, 15) is 0 Å². The molecule has 0 radical (unpaired) electrons. The Balaban J connectivity index is 1.61. The molecule has 0 saturated carbocycles. The normalized spacial score (nSPS) is 14.0. The van der Waals surface area contributed by atoms with Crippen LogP contribution in [0.5, 0.6) is 0 Å². The zero-order chi connectivity index (χ0) is 14.9. The van der Waals surface area contributed by atoms with Crippen molar-refractivity contribution >= 4 is 16.5 Å². The average molecular weight is 287 g/mol. The second-order valence-electron chi connectivity index (χ2n) is 6.21. The second-order valence-corrected chi connectivity index (χ2v) is 6.21. The Kier molecular flexibility index (Phi) is 3.34. The SMILES string of the molecule is Cn1cc(CCC2=CCCc3ccccc32)c2ccccc21. The highest BCUT2D eigenvalue weighted by Crippen LogP contribution is 2.31. The van der Waals surface area contributed by atoms with Gasteiger partial charge in [-0.1, -0.05) is 48.5 Å². The van der Waals surface area contributed by atoms with Crippen molar-refractivity contribution in [2.24, 2.45) is 7.05 Å². The molecule has 1 heterocycles. The van der Waals surface area contributed by atoms with E-state index < -0.39 is 0 Å². The zero-order valence-corrected chi connectivity index (χ0v) is 13.0. The Morgan fingerprint density at radius 3 is 2.73 bits per heavy atom. The second kappa shape index (κ2) is 5.49. The maximum Gasteiger partial charge on any atom is 0.0480 e. The molecule has 0 amide bonds. The number of nitrogens with zero attached hydrogens (tertiary/aromatic N) is 1. The highest BCUT2D eigenvalue weighted by Gasteiger charge is 2.13. The molecule has 4 rings (SSSR count). The molecule has 0 atom stereocenters. The lowest BCUT2D eigenvalue weighted by Gasteiger charge is -2.17. The van der Waals surface area contributed by atoms with Crippen molar-refractivity contribution in [1.29, 1.82) is 0 Å². The Bertz CT molecular complexity index is 851. The van der Waals surface area contributed by atoms with E-state index >= 15 is 0 Å². The van der Waals surface area contributed by atoms with Crippen LogP contribution in [0, 0.1) is 0 Å². The molecule has 1 aromatic heterocycles. The van der Waals surface area contributed by atoms with Crippen molar-refractivity contribution in [3.8, 4) is 0 Å². The summed E-state index contributed by atoms with van der Waals surface area (Å²) >= 11 is 0. The molecule has 1 aliphatic carbocycles. The van der Waals surface area contributed by atoms with Gasteiger partial charge in [0.15, 0.2) is 0 Å². The van der Waals surface area contributed by atoms with Crippen LogP contribution in [0.15, 0.2) is 60.8 Å². The lowest BCUT2D eigenvalue weighted by Crippen LogP contribution is -2.00. The topological polar surface area (TPSA) is 4.93 Å². The third kappa shape index (κ3) is 2.27. The molecule has 0 N–H and O–H groups in total. The summed E-state index contributed by atoms with van der Waals surface area (Å²) in [6.07, 6.45) is 9.34. The van der Waals surface area contributed by atoms with Gasteiger partial charge >= 0.3 is 0 Å². The first-order chi connectivity index (χ1) is 10.8. The van der Waals surface area contributed by atoms with E-state index in [0.717, 1.165) is 12.8 Å². The van der Waals surface area contributed by atoms with Crippen molar-refractivity contribution in [2.75, 3.05) is 0 Å². The summed E-state index contributed by atoms with van der Waals surface area (Å²) in [4.78, 5) is 0. The molecule has 1 aliphatic rings. The smallest absolute Gasteiger partial charge is 0.0480 e. The van der Waals surface area contributed by atoms with Crippen molar-refractivity contribution in [3.05, 3.63) is 77.5 Å². The van der Waals surface area contributed by atoms with E-state index in [0.29, 0.717) is 0 Å². The molecular formula is C21H21N. The molecule has 0 fully saturated rings. The van der Waals surface area contributed by atoms with Crippen molar-refractivity contribution in [1.82, 2.24) is 4.57 Å². The summed E-state index contributed by atoms with van der Waals surface area (Å²) in [6, 6.07) is 17.6. The Labute approximate surface area is 131 Å². The molecule has 0 saturated heterocycles. The lowest BCUT2D eigenvalue weighted by molar-refractivity contribution is 0.922. The molecule has 22 heavy (non-hydrogen) atoms. The fraction of sp³-hybridized carbons (Fsp3) is 0.238. The van der Waals surface area contributed by atoms with Crippen LogP contribution in [0.3, 0.4) is 0 Å². The monoisotopic (exact) mass is 287 g/mol. The molecule has 0 bridgehead atoms. The molecule has 1 heteroatoms. The predicted molar refractivity (Wildman–Crippen MR) is 94.0 cm³/mol. The van der Waals surface area contributed by atoms with Gasteiger partial charge < -0.3 is 4.57 Å². The Morgan fingerprint density at radius 1 is 0.955 bits per heavy atom. The van der Waals surface area contributed by atoms with E-state index in [2.05, 4.69) is 72.4 Å². The molecule has 3 aromatic rings. The minimum absolute atomic E-state index is 1.11. The van der Waals surface area contributed by atoms with Crippen molar-refractivity contribution < 1.29 is 0 Å². The van der Waals surface area contributed by atoms with Gasteiger partial charge in [-0.2, -0.15) is 0 Å². The highest BCUT2D eigenvalue weighted by molar-refractivity contribution is 5.84. The summed E-state index contributed by atoms with van der Waals surface area (Å²) < 4.78 is 2.24. The van der Waals surface area contributed by atoms with Crippen LogP contribution in [0.2, 0.25) is 0 Å². The summed E-state index contributed by atoms with van der Waals surface area (Å²) in [6.45, 7) is 0. The van der Waals surface area contributed by atoms with Crippen LogP contribution in [0.1, 0.15) is 29.5 Å². The number of fused-ring (bicyclic) bond motifs is 2. The van der Waals surface area contributed by atoms with Crippen LogP contribution in [0.4, 0.5) is 0 Å². The molecular weight excluding hydrogens is 266 g/mol. The number of aromatic nitrogens is 1. The number of hydrogen-bond donors (Lipinski definition) is 0. The first-order valence-electron chi connectivity index (χ1n) is 8.13. The van der Waals surface area contributed by atoms with Gasteiger partial charge in [-0.05, 0) is 54.0 Å². The molecule has 0 aliphatic heterocycles. The van der Waals surface area contributed by atoms with Gasteiger partial charge in [0.1, 0.15) is 0 Å². The highest BCUT2D eigenvalue weighted by atomic mass is 14.9. The summed E-state index contributed by atoms with van der Waals surface area (Å²) in [7, 11) is 2.14. The number of benzene rings is 2. The molecule has 2 aromatic carbocycles. The van der Waals surface area contributed by atoms with Gasteiger partial charge in [-0.3, -0.25) is 0 Å². The number of aryl methyl sites for hydroxylation is 3. The van der Waals surface area contributed by atoms with Crippen LogP contribution in [-0.2, 0) is 19.9 Å². The number of allylic oxidation sites excluding steroid dienone is 2. The zero-order valence-electron chi connectivity index (χ0n) is 13.0. The molecule has 110 valence electrons. The van der Waals surface area contributed by atoms with E-state index in [4.69, 9.17) is 0 Å². The van der Waals surface area contributed by atoms with E-state index in [1.165, 1.54) is 46.0 Å². The largest absolute Gasteiger partial charge is 0.350 e. The van der Waals surface area contributed by atoms with Gasteiger partial charge in [0, 0.05) is 24.1 Å². The lowest BCUT2D eigenvalue weighted by atomic mass is 9.88. The number of hydrogen-bond acceptors (Lipinski definition) is 0. The van der Waals surface area contributed by atoms with Crippen LogP contribution < -0.4 is 0 Å². The maximum atomic E-state index is 2.44. The Hall–Kier alpha value is -2.28. The van der Waals surface area contributed by atoms with Crippen LogP contribution in [-0.4, -0.2) is 4.57 Å². The first kappa shape index (κ1) is 13.4. The quantitative estimate of drug-likeness (QED) is 0.628. The van der Waals surface area contributed by atoms with E-state index in [1.807, 2.05) is 0 Å². The standard InChI is InChI=1S/C21H21N/c1-22-15-18(20-11-4-5-12-21(20)22)14-13-17-9-6-8-16-7-2-3-10-19(16)17/h2-5,7,9-12,15H,6,8,13-14H2,1H3. The van der Waals surface area contributed by atoms with Gasteiger partial charge in [-0.15, -0.1) is 0 Å². The molecule has 0 unspecified atom stereocenters. The maximum absolute atomic E-state index is 2.44. The third-order valence-corrected chi connectivity index (χ3v) is 4.81. The van der Waals surface area contributed by atoms with Crippen LogP contribution >= 0.6 is 0 Å². The average Bonchev–Trinajstić information content (AvgIpc) is 2.89. The van der Waals surface area contributed by atoms with E-state index in [1.54, 1.807) is 0 Å². The minimum Gasteiger partial charge on any atom is -0.350 e. The Morgan fingerprint density at radius 2 is 1.77 bits per heavy atom. The fourth-order valence-electron chi connectivity index (χ4n) is 3.69. The van der Waals surface area contributed by atoms with Gasteiger partial charge in [0.05, 0.1) is 0 Å². The van der Waals surface area contributed by atoms with Gasteiger partial charge in [0.25, 0.3) is 0 Å². The predicted octanol–water partition coefficient (Wildman–Crippen LogP) is 5.14. The molecule has 1 nitrogen and oxygen atoms in total. The fourth-order valence-corrected chi connectivity index (χ4v) is 3.69. The van der Waals surface area contributed by atoms with Gasteiger partial charge in [-0.25, -0.2) is 0 Å². The van der Waals surface area contributed by atoms with Crippen LogP contribution in [0.25, 0.3) is 16.5 Å². The van der Waals surface area contributed by atoms with Crippen molar-refractivity contribution in [2.45, 2.75) is 25.7 Å². The first-order valence-corrected chi connectivity index (χ1v) is 8.13. The summed E-state index contributed by atoms with van der Waals surface area (Å²) in [5, 5.41) is 1.40. The van der Waals surface area contributed by atoms with E-state index in [-0.39, 0.29) is 0 Å². The minimum atomic E-state index is 1.11. The molecule has 0 spiro atoms. The van der Waals surface area contributed by atoms with Gasteiger partial charge in [0.2, 0.25) is 0 Å².